The number of benzene rings is 1. The zero-order valence-electron chi connectivity index (χ0n) is 20.7. The largest absolute Gasteiger partial charge is 0.466 e. The lowest BCUT2D eigenvalue weighted by molar-refractivity contribution is -0.147. The highest BCUT2D eigenvalue weighted by Crippen LogP contribution is 2.14. The Balaban J connectivity index is 1.70. The number of carbonyl (C=O) groups is 3. The van der Waals surface area contributed by atoms with Crippen molar-refractivity contribution in [3.63, 3.8) is 0 Å². The van der Waals surface area contributed by atoms with Gasteiger partial charge >= 0.3 is 5.97 Å². The molecule has 1 aliphatic rings. The number of thiocarbonyl (C=S) groups is 1. The fourth-order valence-electron chi connectivity index (χ4n) is 4.02. The molecule has 0 aliphatic carbocycles. The van der Waals surface area contributed by atoms with Crippen LogP contribution < -0.4 is 10.6 Å². The highest BCUT2D eigenvalue weighted by molar-refractivity contribution is 9.10. The SMILES string of the molecule is CCCCCCCCCCCCOC(=O)CC1C(=O)NCCN1C(=S)NC(=O)c1cccc(Br)c1. The zero-order chi connectivity index (χ0) is 25.5. The van der Waals surface area contributed by atoms with Crippen molar-refractivity contribution in [2.45, 2.75) is 83.6 Å². The molecule has 1 saturated heterocycles. The second-order valence-corrected chi connectivity index (χ2v) is 10.2. The Morgan fingerprint density at radius 3 is 2.43 bits per heavy atom. The van der Waals surface area contributed by atoms with Crippen LogP contribution in [-0.2, 0) is 14.3 Å². The molecule has 1 atom stereocenters. The summed E-state index contributed by atoms with van der Waals surface area (Å²) in [6.07, 6.45) is 12.0. The van der Waals surface area contributed by atoms with Gasteiger partial charge in [0.15, 0.2) is 5.11 Å². The van der Waals surface area contributed by atoms with Gasteiger partial charge in [0.1, 0.15) is 6.04 Å². The topological polar surface area (TPSA) is 87.7 Å². The van der Waals surface area contributed by atoms with E-state index in [0.717, 1.165) is 23.7 Å². The van der Waals surface area contributed by atoms with Crippen molar-refractivity contribution in [1.29, 1.82) is 0 Å². The molecule has 2 rings (SSSR count). The minimum Gasteiger partial charge on any atom is -0.466 e. The maximum absolute atomic E-state index is 12.5. The molecule has 35 heavy (non-hydrogen) atoms. The summed E-state index contributed by atoms with van der Waals surface area (Å²) in [5.74, 6) is -1.11. The molecule has 0 spiro atoms. The summed E-state index contributed by atoms with van der Waals surface area (Å²) >= 11 is 8.74. The molecular weight excluding hydrogens is 530 g/mol. The summed E-state index contributed by atoms with van der Waals surface area (Å²) in [5, 5.41) is 5.56. The van der Waals surface area contributed by atoms with E-state index in [9.17, 15) is 14.4 Å². The van der Waals surface area contributed by atoms with Crippen LogP contribution in [0.5, 0.6) is 0 Å². The number of amides is 2. The number of halogens is 1. The molecule has 1 aromatic rings. The first-order chi connectivity index (χ1) is 16.9. The summed E-state index contributed by atoms with van der Waals surface area (Å²) in [4.78, 5) is 39.0. The van der Waals surface area contributed by atoms with Gasteiger partial charge in [-0.2, -0.15) is 0 Å². The van der Waals surface area contributed by atoms with Crippen molar-refractivity contribution in [2.24, 2.45) is 0 Å². The average molecular weight is 569 g/mol. The van der Waals surface area contributed by atoms with E-state index in [4.69, 9.17) is 17.0 Å². The standard InChI is InChI=1S/C26H38BrN3O4S/c1-2-3-4-5-6-7-8-9-10-11-17-34-23(31)19-22-25(33)28-15-16-30(22)26(35)29-24(32)20-13-12-14-21(27)18-20/h12-14,18,22H,2-11,15-17,19H2,1H3,(H,28,33)(H,29,32,35). The van der Waals surface area contributed by atoms with Gasteiger partial charge in [-0.3, -0.25) is 19.7 Å². The van der Waals surface area contributed by atoms with E-state index >= 15 is 0 Å². The number of carbonyl (C=O) groups excluding carboxylic acids is 3. The molecule has 0 bridgehead atoms. The van der Waals surface area contributed by atoms with Gasteiger partial charge in [0, 0.05) is 23.1 Å². The molecule has 1 aliphatic heterocycles. The van der Waals surface area contributed by atoms with Gasteiger partial charge < -0.3 is 15.0 Å². The zero-order valence-corrected chi connectivity index (χ0v) is 23.1. The molecule has 1 heterocycles. The fraction of sp³-hybridized carbons (Fsp3) is 0.615. The predicted molar refractivity (Wildman–Crippen MR) is 145 cm³/mol. The van der Waals surface area contributed by atoms with Crippen molar-refractivity contribution in [3.05, 3.63) is 34.3 Å². The minimum atomic E-state index is -0.806. The van der Waals surface area contributed by atoms with Crippen LogP contribution in [0.4, 0.5) is 0 Å². The third-order valence-corrected chi connectivity index (χ3v) is 6.85. The second-order valence-electron chi connectivity index (χ2n) is 8.88. The number of ether oxygens (including phenoxy) is 1. The van der Waals surface area contributed by atoms with E-state index in [-0.39, 0.29) is 23.3 Å². The smallest absolute Gasteiger partial charge is 0.308 e. The van der Waals surface area contributed by atoms with Crippen LogP contribution >= 0.6 is 28.1 Å². The number of hydrogen-bond acceptors (Lipinski definition) is 5. The highest BCUT2D eigenvalue weighted by atomic mass is 79.9. The number of piperazine rings is 1. The van der Waals surface area contributed by atoms with E-state index in [1.54, 1.807) is 23.1 Å². The van der Waals surface area contributed by atoms with Gasteiger partial charge in [0.2, 0.25) is 5.91 Å². The molecular formula is C26H38BrN3O4S. The molecule has 7 nitrogen and oxygen atoms in total. The average Bonchev–Trinajstić information content (AvgIpc) is 2.83. The lowest BCUT2D eigenvalue weighted by Crippen LogP contribution is -2.60. The van der Waals surface area contributed by atoms with Crippen molar-refractivity contribution < 1.29 is 19.1 Å². The van der Waals surface area contributed by atoms with Gasteiger partial charge in [0.05, 0.1) is 13.0 Å². The Bertz CT molecular complexity index is 852. The van der Waals surface area contributed by atoms with Crippen molar-refractivity contribution in [3.8, 4) is 0 Å². The molecule has 9 heteroatoms. The fourth-order valence-corrected chi connectivity index (χ4v) is 4.73. The number of esters is 1. The molecule has 2 amide bonds. The highest BCUT2D eigenvalue weighted by Gasteiger charge is 2.34. The van der Waals surface area contributed by atoms with Gasteiger partial charge in [-0.1, -0.05) is 86.7 Å². The Morgan fingerprint density at radius 2 is 1.77 bits per heavy atom. The first-order valence-corrected chi connectivity index (χ1v) is 13.9. The third kappa shape index (κ3) is 11.1. The van der Waals surface area contributed by atoms with Gasteiger partial charge in [-0.25, -0.2) is 0 Å². The van der Waals surface area contributed by atoms with Crippen LogP contribution in [0.1, 0.15) is 87.9 Å². The Morgan fingerprint density at radius 1 is 1.11 bits per heavy atom. The van der Waals surface area contributed by atoms with E-state index in [1.807, 2.05) is 6.07 Å². The summed E-state index contributed by atoms with van der Waals surface area (Å²) in [6, 6.07) is 6.13. The molecule has 0 radical (unpaired) electrons. The maximum atomic E-state index is 12.5. The molecule has 1 unspecified atom stereocenters. The van der Waals surface area contributed by atoms with E-state index in [1.165, 1.54) is 44.9 Å². The second kappa shape index (κ2) is 16.6. The van der Waals surface area contributed by atoms with Crippen LogP contribution in [-0.4, -0.2) is 53.5 Å². The first-order valence-electron chi connectivity index (χ1n) is 12.7. The Kier molecular flexibility index (Phi) is 13.9. The lowest BCUT2D eigenvalue weighted by Gasteiger charge is -2.36. The van der Waals surface area contributed by atoms with Crippen molar-refractivity contribution >= 4 is 51.0 Å². The number of hydrogen-bond donors (Lipinski definition) is 2. The summed E-state index contributed by atoms with van der Waals surface area (Å²) in [5.41, 5.74) is 0.440. The van der Waals surface area contributed by atoms with Crippen LogP contribution in [0.25, 0.3) is 0 Å². The summed E-state index contributed by atoms with van der Waals surface area (Å²) < 4.78 is 6.15. The Labute approximate surface area is 222 Å². The quantitative estimate of drug-likeness (QED) is 0.184. The van der Waals surface area contributed by atoms with Crippen molar-refractivity contribution in [2.75, 3.05) is 19.7 Å². The van der Waals surface area contributed by atoms with Gasteiger partial charge in [0.25, 0.3) is 5.91 Å². The minimum absolute atomic E-state index is 0.115. The molecule has 1 aromatic carbocycles. The molecule has 1 fully saturated rings. The summed E-state index contributed by atoms with van der Waals surface area (Å²) in [6.45, 7) is 3.37. The van der Waals surface area contributed by atoms with Crippen LogP contribution in [0, 0.1) is 0 Å². The first kappa shape index (κ1) is 29.2. The maximum Gasteiger partial charge on any atom is 0.308 e. The molecule has 0 saturated carbocycles. The monoisotopic (exact) mass is 567 g/mol. The normalized spacial score (nSPS) is 15.4. The molecule has 2 N–H and O–H groups in total. The van der Waals surface area contributed by atoms with Gasteiger partial charge in [-0.15, -0.1) is 0 Å². The number of nitrogens with zero attached hydrogens (tertiary/aromatic N) is 1. The van der Waals surface area contributed by atoms with Crippen LogP contribution in [0.15, 0.2) is 28.7 Å². The number of nitrogens with one attached hydrogen (secondary N) is 2. The van der Waals surface area contributed by atoms with E-state index < -0.39 is 12.0 Å². The molecule has 194 valence electrons. The molecule has 0 aromatic heterocycles. The van der Waals surface area contributed by atoms with E-state index in [2.05, 4.69) is 33.5 Å². The number of rotatable bonds is 14. The van der Waals surface area contributed by atoms with Gasteiger partial charge in [-0.05, 0) is 36.8 Å². The third-order valence-electron chi connectivity index (χ3n) is 6.02. The predicted octanol–water partition coefficient (Wildman–Crippen LogP) is 5.12. The van der Waals surface area contributed by atoms with Crippen LogP contribution in [0.2, 0.25) is 0 Å². The number of unbranched alkanes of at least 4 members (excludes halogenated alkanes) is 9. The van der Waals surface area contributed by atoms with Crippen molar-refractivity contribution in [1.82, 2.24) is 15.5 Å². The summed E-state index contributed by atoms with van der Waals surface area (Å²) in [7, 11) is 0. The van der Waals surface area contributed by atoms with Crippen LogP contribution in [0.3, 0.4) is 0 Å². The lowest BCUT2D eigenvalue weighted by atomic mass is 10.1. The van der Waals surface area contributed by atoms with E-state index in [0.29, 0.717) is 25.3 Å². The Hall–Kier alpha value is -2.00.